The zero-order valence-corrected chi connectivity index (χ0v) is 18.2. The summed E-state index contributed by atoms with van der Waals surface area (Å²) in [6.45, 7) is 4.42. The number of carbonyl (C=O) groups excluding carboxylic acids is 2. The van der Waals surface area contributed by atoms with Crippen molar-refractivity contribution in [3.8, 4) is 0 Å². The number of aromatic nitrogens is 1. The number of nitrogens with zero attached hydrogens (tertiary/aromatic N) is 2. The first-order valence-electron chi connectivity index (χ1n) is 10.4. The van der Waals surface area contributed by atoms with E-state index < -0.39 is 22.0 Å². The van der Waals surface area contributed by atoms with Gasteiger partial charge >= 0.3 is 5.97 Å². The van der Waals surface area contributed by atoms with Crippen LogP contribution >= 0.6 is 0 Å². The molecule has 0 spiro atoms. The zero-order chi connectivity index (χ0) is 21.2. The highest BCUT2D eigenvalue weighted by atomic mass is 32.2. The number of ether oxygens (including phenoxy) is 1. The third-order valence-corrected chi connectivity index (χ3v) is 7.81. The van der Waals surface area contributed by atoms with Gasteiger partial charge in [-0.3, -0.25) is 4.79 Å². The van der Waals surface area contributed by atoms with Crippen LogP contribution in [0.1, 0.15) is 62.9 Å². The normalized spacial score (nSPS) is 25.7. The SMILES string of the molecule is CCOC(=O)c1cc(S(=O)(=O)N2CCC[C@@H]2C(=O)NC2CCC(C)CC2)cn1C. The Morgan fingerprint density at radius 3 is 2.55 bits per heavy atom. The first-order chi connectivity index (χ1) is 13.7. The maximum Gasteiger partial charge on any atom is 0.354 e. The Kier molecular flexibility index (Phi) is 6.68. The smallest absolute Gasteiger partial charge is 0.354 e. The zero-order valence-electron chi connectivity index (χ0n) is 17.4. The molecule has 1 saturated carbocycles. The predicted molar refractivity (Wildman–Crippen MR) is 108 cm³/mol. The topological polar surface area (TPSA) is 97.7 Å². The van der Waals surface area contributed by atoms with Crippen molar-refractivity contribution in [2.24, 2.45) is 13.0 Å². The molecule has 1 aromatic heterocycles. The van der Waals surface area contributed by atoms with Crippen LogP contribution in [-0.2, 0) is 26.6 Å². The molecule has 9 heteroatoms. The lowest BCUT2D eigenvalue weighted by molar-refractivity contribution is -0.125. The molecule has 1 aromatic rings. The summed E-state index contributed by atoms with van der Waals surface area (Å²) < 4.78 is 34.1. The fourth-order valence-corrected chi connectivity index (χ4v) is 5.94. The summed E-state index contributed by atoms with van der Waals surface area (Å²) in [7, 11) is -2.29. The van der Waals surface area contributed by atoms with Gasteiger partial charge in [-0.15, -0.1) is 0 Å². The van der Waals surface area contributed by atoms with Crippen molar-refractivity contribution < 1.29 is 22.7 Å². The number of hydrogen-bond donors (Lipinski definition) is 1. The Morgan fingerprint density at radius 2 is 1.90 bits per heavy atom. The van der Waals surface area contributed by atoms with Crippen LogP contribution in [0.5, 0.6) is 0 Å². The van der Waals surface area contributed by atoms with Gasteiger partial charge in [0.25, 0.3) is 0 Å². The Morgan fingerprint density at radius 1 is 1.21 bits per heavy atom. The summed E-state index contributed by atoms with van der Waals surface area (Å²) >= 11 is 0. The molecule has 162 valence electrons. The lowest BCUT2D eigenvalue weighted by Gasteiger charge is -2.29. The molecular formula is C20H31N3O5S. The van der Waals surface area contributed by atoms with Crippen molar-refractivity contribution in [3.05, 3.63) is 18.0 Å². The third-order valence-electron chi connectivity index (χ3n) is 5.94. The molecule has 1 amide bonds. The van der Waals surface area contributed by atoms with E-state index in [4.69, 9.17) is 4.74 Å². The summed E-state index contributed by atoms with van der Waals surface area (Å²) in [5, 5.41) is 3.06. The van der Waals surface area contributed by atoms with Crippen LogP contribution in [0.25, 0.3) is 0 Å². The van der Waals surface area contributed by atoms with Gasteiger partial charge in [0.2, 0.25) is 15.9 Å². The predicted octanol–water partition coefficient (Wildman–Crippen LogP) is 2.05. The average molecular weight is 426 g/mol. The number of nitrogens with one attached hydrogen (secondary N) is 1. The summed E-state index contributed by atoms with van der Waals surface area (Å²) in [4.78, 5) is 24.9. The van der Waals surface area contributed by atoms with Gasteiger partial charge in [0.15, 0.2) is 0 Å². The minimum atomic E-state index is -3.89. The Labute approximate surface area is 172 Å². The Balaban J connectivity index is 1.75. The molecule has 1 aliphatic carbocycles. The molecule has 29 heavy (non-hydrogen) atoms. The summed E-state index contributed by atoms with van der Waals surface area (Å²) in [5.74, 6) is -0.107. The van der Waals surface area contributed by atoms with Gasteiger partial charge in [-0.1, -0.05) is 6.92 Å². The van der Waals surface area contributed by atoms with Crippen LogP contribution < -0.4 is 5.32 Å². The van der Waals surface area contributed by atoms with E-state index in [0.717, 1.165) is 25.7 Å². The quantitative estimate of drug-likeness (QED) is 0.704. The minimum absolute atomic E-state index is 0.00856. The largest absolute Gasteiger partial charge is 0.461 e. The summed E-state index contributed by atoms with van der Waals surface area (Å²) in [6, 6.07) is 0.741. The molecule has 1 saturated heterocycles. The molecule has 2 aliphatic rings. The average Bonchev–Trinajstić information content (AvgIpc) is 3.31. The highest BCUT2D eigenvalue weighted by Crippen LogP contribution is 2.29. The Hall–Kier alpha value is -1.87. The number of sulfonamides is 1. The fraction of sp³-hybridized carbons (Fsp3) is 0.700. The number of esters is 1. The molecule has 8 nitrogen and oxygen atoms in total. The number of carbonyl (C=O) groups is 2. The number of rotatable bonds is 6. The highest BCUT2D eigenvalue weighted by molar-refractivity contribution is 7.89. The van der Waals surface area contributed by atoms with Gasteiger partial charge < -0.3 is 14.6 Å². The second kappa shape index (κ2) is 8.87. The maximum atomic E-state index is 13.2. The van der Waals surface area contributed by atoms with Gasteiger partial charge in [-0.05, 0) is 57.4 Å². The van der Waals surface area contributed by atoms with E-state index in [1.807, 2.05) is 0 Å². The second-order valence-corrected chi connectivity index (χ2v) is 10.0. The van der Waals surface area contributed by atoms with Crippen molar-refractivity contribution in [2.45, 2.75) is 69.4 Å². The first-order valence-corrected chi connectivity index (χ1v) is 11.8. The molecule has 0 unspecified atom stereocenters. The maximum absolute atomic E-state index is 13.2. The van der Waals surface area contributed by atoms with Crippen LogP contribution in [0.2, 0.25) is 0 Å². The van der Waals surface area contributed by atoms with Gasteiger partial charge in [-0.25, -0.2) is 13.2 Å². The fourth-order valence-electron chi connectivity index (χ4n) is 4.21. The summed E-state index contributed by atoms with van der Waals surface area (Å²) in [6.07, 6.45) is 6.58. The van der Waals surface area contributed by atoms with Crippen molar-refractivity contribution >= 4 is 21.9 Å². The number of hydrogen-bond acceptors (Lipinski definition) is 5. The van der Waals surface area contributed by atoms with Crippen LogP contribution in [0.3, 0.4) is 0 Å². The molecular weight excluding hydrogens is 394 g/mol. The van der Waals surface area contributed by atoms with E-state index in [2.05, 4.69) is 12.2 Å². The van der Waals surface area contributed by atoms with Crippen LogP contribution in [0.4, 0.5) is 0 Å². The molecule has 2 fully saturated rings. The van der Waals surface area contributed by atoms with Crippen LogP contribution in [-0.4, -0.2) is 54.4 Å². The third kappa shape index (κ3) is 4.66. The lowest BCUT2D eigenvalue weighted by atomic mass is 9.87. The van der Waals surface area contributed by atoms with E-state index >= 15 is 0 Å². The molecule has 0 radical (unpaired) electrons. The lowest BCUT2D eigenvalue weighted by Crippen LogP contribution is -2.49. The molecule has 1 N–H and O–H groups in total. The summed E-state index contributed by atoms with van der Waals surface area (Å²) in [5.41, 5.74) is 0.168. The van der Waals surface area contributed by atoms with Gasteiger partial charge in [0, 0.05) is 25.8 Å². The molecule has 0 bridgehead atoms. The first kappa shape index (κ1) is 21.8. The van der Waals surface area contributed by atoms with Crippen molar-refractivity contribution in [3.63, 3.8) is 0 Å². The van der Waals surface area contributed by atoms with E-state index in [9.17, 15) is 18.0 Å². The second-order valence-electron chi connectivity index (χ2n) is 8.13. The van der Waals surface area contributed by atoms with E-state index in [1.54, 1.807) is 14.0 Å². The van der Waals surface area contributed by atoms with Gasteiger partial charge in [0.1, 0.15) is 16.6 Å². The van der Waals surface area contributed by atoms with Crippen LogP contribution in [0.15, 0.2) is 17.2 Å². The number of amides is 1. The molecule has 2 heterocycles. The highest BCUT2D eigenvalue weighted by Gasteiger charge is 2.41. The molecule has 1 aliphatic heterocycles. The van der Waals surface area contributed by atoms with Crippen molar-refractivity contribution in [2.75, 3.05) is 13.2 Å². The van der Waals surface area contributed by atoms with Crippen molar-refractivity contribution in [1.29, 1.82) is 0 Å². The van der Waals surface area contributed by atoms with Gasteiger partial charge in [-0.2, -0.15) is 4.31 Å². The monoisotopic (exact) mass is 425 g/mol. The standard InChI is InChI=1S/C20H31N3O5S/c1-4-28-20(25)18-12-16(13-22(18)3)29(26,27)23-11-5-6-17(23)19(24)21-15-9-7-14(2)8-10-15/h12-15,17H,4-11H2,1-3H3,(H,21,24)/t14?,15?,17-/m1/s1. The molecule has 0 aromatic carbocycles. The minimum Gasteiger partial charge on any atom is -0.461 e. The van der Waals surface area contributed by atoms with Crippen LogP contribution in [0, 0.1) is 5.92 Å². The van der Waals surface area contributed by atoms with Gasteiger partial charge in [0.05, 0.1) is 6.61 Å². The van der Waals surface area contributed by atoms with E-state index in [1.165, 1.54) is 21.1 Å². The van der Waals surface area contributed by atoms with E-state index in [-0.39, 0.29) is 29.1 Å². The van der Waals surface area contributed by atoms with Crippen molar-refractivity contribution in [1.82, 2.24) is 14.2 Å². The Bertz CT molecular complexity index is 855. The molecule has 3 rings (SSSR count). The van der Waals surface area contributed by atoms with E-state index in [0.29, 0.717) is 25.3 Å². The molecule has 1 atom stereocenters. The number of aryl methyl sites for hydroxylation is 1.